The molecule has 5 rings (SSSR count). The summed E-state index contributed by atoms with van der Waals surface area (Å²) in [6, 6.07) is 13.7. The Balaban J connectivity index is 1.91. The molecular formula is C31H32N2O6. The Bertz CT molecular complexity index is 1570. The van der Waals surface area contributed by atoms with E-state index in [9.17, 15) is 9.59 Å². The fourth-order valence-electron chi connectivity index (χ4n) is 5.68. The number of hydrogen-bond donors (Lipinski definition) is 0. The molecule has 0 amide bonds. The van der Waals surface area contributed by atoms with Crippen LogP contribution in [0.5, 0.6) is 11.5 Å². The van der Waals surface area contributed by atoms with Gasteiger partial charge in [-0.05, 0) is 62.1 Å². The van der Waals surface area contributed by atoms with Crippen molar-refractivity contribution in [3.8, 4) is 33.9 Å². The molecule has 0 spiro atoms. The first-order valence-corrected chi connectivity index (χ1v) is 13.0. The van der Waals surface area contributed by atoms with Crippen LogP contribution < -0.4 is 9.47 Å². The summed E-state index contributed by atoms with van der Waals surface area (Å²) < 4.78 is 24.1. The summed E-state index contributed by atoms with van der Waals surface area (Å²) in [7, 11) is 4.59. The molecule has 0 N–H and O–H groups in total. The van der Waals surface area contributed by atoms with Crippen molar-refractivity contribution >= 4 is 22.8 Å². The third-order valence-electron chi connectivity index (χ3n) is 7.32. The predicted octanol–water partition coefficient (Wildman–Crippen LogP) is 5.79. The van der Waals surface area contributed by atoms with Crippen molar-refractivity contribution in [1.82, 2.24) is 9.55 Å². The van der Waals surface area contributed by atoms with E-state index in [0.717, 1.165) is 44.5 Å². The Morgan fingerprint density at radius 3 is 2.49 bits per heavy atom. The minimum absolute atomic E-state index is 0.00623. The Morgan fingerprint density at radius 2 is 1.77 bits per heavy atom. The van der Waals surface area contributed by atoms with Crippen LogP contribution in [-0.4, -0.2) is 49.4 Å². The van der Waals surface area contributed by atoms with E-state index in [1.54, 1.807) is 27.3 Å². The summed E-state index contributed by atoms with van der Waals surface area (Å²) in [5.41, 5.74) is 6.43. The maximum Gasteiger partial charge on any atom is 0.340 e. The van der Waals surface area contributed by atoms with E-state index < -0.39 is 5.97 Å². The standard InChI is InChI=1S/C31H32N2O6/c1-6-39-31(35)29-28(21-13-14-32-23-10-8-7-9-20(21)23)24(11-12-27(34)38-5)33-18(2)15-19-16-25(36-3)26(37-4)17-22(19)30(29)33/h7-10,13-14,16-18H,6,11-12,15H2,1-5H3. The van der Waals surface area contributed by atoms with Gasteiger partial charge in [0, 0.05) is 34.4 Å². The Hall–Kier alpha value is -4.33. The average Bonchev–Trinajstić information content (AvgIpc) is 3.30. The van der Waals surface area contributed by atoms with E-state index in [-0.39, 0.29) is 25.0 Å². The molecule has 8 heteroatoms. The normalized spacial score (nSPS) is 13.9. The Morgan fingerprint density at radius 1 is 1.03 bits per heavy atom. The molecule has 39 heavy (non-hydrogen) atoms. The Labute approximate surface area is 227 Å². The zero-order chi connectivity index (χ0) is 27.7. The highest BCUT2D eigenvalue weighted by Gasteiger charge is 2.36. The number of ether oxygens (including phenoxy) is 4. The number of benzene rings is 2. The van der Waals surface area contributed by atoms with Crippen LogP contribution in [0, 0.1) is 0 Å². The zero-order valence-electron chi connectivity index (χ0n) is 22.9. The summed E-state index contributed by atoms with van der Waals surface area (Å²) in [5, 5.41) is 0.910. The van der Waals surface area contributed by atoms with Gasteiger partial charge < -0.3 is 23.5 Å². The first-order chi connectivity index (χ1) is 18.9. The number of rotatable bonds is 8. The van der Waals surface area contributed by atoms with Crippen LogP contribution in [-0.2, 0) is 27.1 Å². The molecule has 1 aliphatic heterocycles. The number of hydrogen-bond acceptors (Lipinski definition) is 7. The molecule has 1 atom stereocenters. The molecule has 2 aromatic heterocycles. The largest absolute Gasteiger partial charge is 0.493 e. The summed E-state index contributed by atoms with van der Waals surface area (Å²) in [6.45, 7) is 4.14. The average molecular weight is 529 g/mol. The first-order valence-electron chi connectivity index (χ1n) is 13.0. The number of fused-ring (bicyclic) bond motifs is 4. The molecule has 4 aromatic rings. The number of aromatic nitrogens is 2. The molecule has 1 unspecified atom stereocenters. The first kappa shape index (κ1) is 26.3. The van der Waals surface area contributed by atoms with Crippen LogP contribution in [0.2, 0.25) is 0 Å². The second-order valence-corrected chi connectivity index (χ2v) is 9.51. The van der Waals surface area contributed by atoms with Crippen molar-refractivity contribution < 1.29 is 28.5 Å². The second-order valence-electron chi connectivity index (χ2n) is 9.51. The second kappa shape index (κ2) is 10.8. The molecule has 0 aliphatic carbocycles. The molecule has 0 saturated heterocycles. The van der Waals surface area contributed by atoms with Gasteiger partial charge >= 0.3 is 11.9 Å². The highest BCUT2D eigenvalue weighted by atomic mass is 16.5. The molecule has 202 valence electrons. The number of carbonyl (C=O) groups is 2. The lowest BCUT2D eigenvalue weighted by Gasteiger charge is -2.29. The van der Waals surface area contributed by atoms with Gasteiger partial charge in [0.05, 0.1) is 51.1 Å². The fraction of sp³-hybridized carbons (Fsp3) is 0.323. The quantitative estimate of drug-likeness (QED) is 0.268. The highest BCUT2D eigenvalue weighted by Crippen LogP contribution is 2.49. The predicted molar refractivity (Wildman–Crippen MR) is 148 cm³/mol. The summed E-state index contributed by atoms with van der Waals surface area (Å²) in [4.78, 5) is 30.7. The molecule has 1 aliphatic rings. The minimum atomic E-state index is -0.420. The molecule has 0 saturated carbocycles. The van der Waals surface area contributed by atoms with Gasteiger partial charge in [-0.2, -0.15) is 0 Å². The number of esters is 2. The lowest BCUT2D eigenvalue weighted by Crippen LogP contribution is -2.20. The SMILES string of the molecule is CCOC(=O)c1c(-c2ccnc3ccccc23)c(CCC(=O)OC)n2c1-c1cc(OC)c(OC)cc1CC2C. The molecular weight excluding hydrogens is 496 g/mol. The molecule has 0 fully saturated rings. The van der Waals surface area contributed by atoms with Gasteiger partial charge in [-0.15, -0.1) is 0 Å². The third kappa shape index (κ3) is 4.50. The topological polar surface area (TPSA) is 88.9 Å². The van der Waals surface area contributed by atoms with E-state index in [2.05, 4.69) is 16.5 Å². The van der Waals surface area contributed by atoms with Crippen LogP contribution in [0.25, 0.3) is 33.3 Å². The zero-order valence-corrected chi connectivity index (χ0v) is 22.9. The smallest absolute Gasteiger partial charge is 0.340 e. The minimum Gasteiger partial charge on any atom is -0.493 e. The van der Waals surface area contributed by atoms with Crippen molar-refractivity contribution in [3.63, 3.8) is 0 Å². The lowest BCUT2D eigenvalue weighted by atomic mass is 9.90. The monoisotopic (exact) mass is 528 g/mol. The van der Waals surface area contributed by atoms with Gasteiger partial charge in [0.25, 0.3) is 0 Å². The Kier molecular flexibility index (Phi) is 7.28. The third-order valence-corrected chi connectivity index (χ3v) is 7.32. The van der Waals surface area contributed by atoms with E-state index in [1.165, 1.54) is 7.11 Å². The molecule has 8 nitrogen and oxygen atoms in total. The van der Waals surface area contributed by atoms with E-state index in [1.807, 2.05) is 42.5 Å². The molecule has 0 bridgehead atoms. The molecule has 2 aromatic carbocycles. The van der Waals surface area contributed by atoms with Crippen molar-refractivity contribution in [2.24, 2.45) is 0 Å². The van der Waals surface area contributed by atoms with Crippen LogP contribution in [0.4, 0.5) is 0 Å². The fourth-order valence-corrected chi connectivity index (χ4v) is 5.68. The van der Waals surface area contributed by atoms with Gasteiger partial charge in [-0.25, -0.2) is 4.79 Å². The number of methoxy groups -OCH3 is 3. The van der Waals surface area contributed by atoms with Crippen molar-refractivity contribution in [2.75, 3.05) is 27.9 Å². The van der Waals surface area contributed by atoms with Gasteiger partial charge in [0.1, 0.15) is 0 Å². The van der Waals surface area contributed by atoms with Crippen molar-refractivity contribution in [3.05, 3.63) is 65.5 Å². The number of para-hydroxylation sites is 1. The van der Waals surface area contributed by atoms with Crippen molar-refractivity contribution in [2.45, 2.75) is 39.2 Å². The van der Waals surface area contributed by atoms with Crippen LogP contribution in [0.3, 0.4) is 0 Å². The summed E-state index contributed by atoms with van der Waals surface area (Å²) in [5.74, 6) is 0.466. The van der Waals surface area contributed by atoms with Crippen LogP contribution >= 0.6 is 0 Å². The van der Waals surface area contributed by atoms with Gasteiger partial charge in [-0.1, -0.05) is 18.2 Å². The maximum absolute atomic E-state index is 13.8. The number of carbonyl (C=O) groups excluding carboxylic acids is 2. The van der Waals surface area contributed by atoms with Gasteiger partial charge in [0.2, 0.25) is 0 Å². The number of pyridine rings is 1. The van der Waals surface area contributed by atoms with E-state index >= 15 is 0 Å². The number of nitrogens with zero attached hydrogens (tertiary/aromatic N) is 2. The lowest BCUT2D eigenvalue weighted by molar-refractivity contribution is -0.140. The maximum atomic E-state index is 13.8. The summed E-state index contributed by atoms with van der Waals surface area (Å²) >= 11 is 0. The van der Waals surface area contributed by atoms with Gasteiger partial charge in [0.15, 0.2) is 11.5 Å². The van der Waals surface area contributed by atoms with Crippen molar-refractivity contribution in [1.29, 1.82) is 0 Å². The molecule has 0 radical (unpaired) electrons. The van der Waals surface area contributed by atoms with E-state index in [0.29, 0.717) is 29.9 Å². The van der Waals surface area contributed by atoms with Crippen LogP contribution in [0.1, 0.15) is 47.9 Å². The summed E-state index contributed by atoms with van der Waals surface area (Å²) in [6.07, 6.45) is 3.02. The highest BCUT2D eigenvalue weighted by molar-refractivity contribution is 6.09. The van der Waals surface area contributed by atoms with Gasteiger partial charge in [-0.3, -0.25) is 9.78 Å². The molecule has 3 heterocycles. The van der Waals surface area contributed by atoms with Crippen LogP contribution in [0.15, 0.2) is 48.7 Å². The van der Waals surface area contributed by atoms with E-state index in [4.69, 9.17) is 18.9 Å².